The van der Waals surface area contributed by atoms with Crippen LogP contribution < -0.4 is 5.32 Å². The van der Waals surface area contributed by atoms with Crippen LogP contribution in [0.5, 0.6) is 0 Å². The van der Waals surface area contributed by atoms with Gasteiger partial charge < -0.3 is 9.88 Å². The molecular formula is C8H14FN3. The highest BCUT2D eigenvalue weighted by atomic mass is 19.1. The van der Waals surface area contributed by atoms with E-state index in [4.69, 9.17) is 0 Å². The molecule has 0 aromatic carbocycles. The van der Waals surface area contributed by atoms with Crippen molar-refractivity contribution in [3.05, 3.63) is 18.2 Å². The molecule has 3 nitrogen and oxygen atoms in total. The maximum atomic E-state index is 11.7. The fourth-order valence-electron chi connectivity index (χ4n) is 1.03. The third-order valence-corrected chi connectivity index (χ3v) is 1.72. The van der Waals surface area contributed by atoms with Gasteiger partial charge in [0.15, 0.2) is 0 Å². The summed E-state index contributed by atoms with van der Waals surface area (Å²) in [4.78, 5) is 4.14. The zero-order chi connectivity index (χ0) is 8.81. The Hall–Kier alpha value is -0.900. The molecule has 0 aliphatic rings. The van der Waals surface area contributed by atoms with E-state index in [2.05, 4.69) is 10.3 Å². The van der Waals surface area contributed by atoms with E-state index in [1.807, 2.05) is 17.8 Å². The Morgan fingerprint density at radius 3 is 3.00 bits per heavy atom. The average Bonchev–Trinajstić information content (AvgIpc) is 2.46. The number of imidazole rings is 1. The highest BCUT2D eigenvalue weighted by Crippen LogP contribution is 1.93. The molecule has 1 heterocycles. The maximum absolute atomic E-state index is 11.7. The first-order chi connectivity index (χ1) is 5.84. The third-order valence-electron chi connectivity index (χ3n) is 1.72. The van der Waals surface area contributed by atoms with Crippen LogP contribution in [0.3, 0.4) is 0 Å². The van der Waals surface area contributed by atoms with Gasteiger partial charge in [-0.1, -0.05) is 0 Å². The molecule has 1 N–H and O–H groups in total. The molecule has 0 fully saturated rings. The lowest BCUT2D eigenvalue weighted by molar-refractivity contribution is 0.467. The molecule has 0 aliphatic carbocycles. The standard InChI is InChI=1S/C8H14FN3/c1-12-7-6-11-8(12)2-4-10-5-3-9/h6-7,10H,2-5H2,1H3. The van der Waals surface area contributed by atoms with Crippen molar-refractivity contribution < 1.29 is 4.39 Å². The van der Waals surface area contributed by atoms with Crippen molar-refractivity contribution >= 4 is 0 Å². The summed E-state index contributed by atoms with van der Waals surface area (Å²) in [6, 6.07) is 0. The molecule has 0 atom stereocenters. The number of rotatable bonds is 5. The van der Waals surface area contributed by atoms with E-state index in [-0.39, 0.29) is 6.67 Å². The molecule has 0 radical (unpaired) electrons. The molecule has 0 amide bonds. The second kappa shape index (κ2) is 4.87. The van der Waals surface area contributed by atoms with Crippen LogP contribution in [0, 0.1) is 0 Å². The number of alkyl halides is 1. The molecule has 4 heteroatoms. The number of hydrogen-bond acceptors (Lipinski definition) is 2. The Labute approximate surface area is 71.6 Å². The van der Waals surface area contributed by atoms with Crippen LogP contribution in [-0.2, 0) is 13.5 Å². The SMILES string of the molecule is Cn1ccnc1CCNCCF. The Kier molecular flexibility index (Phi) is 3.73. The highest BCUT2D eigenvalue weighted by Gasteiger charge is 1.96. The molecule has 0 spiro atoms. The van der Waals surface area contributed by atoms with Gasteiger partial charge in [-0.3, -0.25) is 0 Å². The average molecular weight is 171 g/mol. The van der Waals surface area contributed by atoms with Crippen molar-refractivity contribution in [2.45, 2.75) is 6.42 Å². The van der Waals surface area contributed by atoms with E-state index >= 15 is 0 Å². The zero-order valence-corrected chi connectivity index (χ0v) is 7.26. The molecule has 0 saturated carbocycles. The number of halogens is 1. The number of hydrogen-bond donors (Lipinski definition) is 1. The van der Waals surface area contributed by atoms with Gasteiger partial charge in [-0.05, 0) is 0 Å². The topological polar surface area (TPSA) is 29.9 Å². The van der Waals surface area contributed by atoms with Gasteiger partial charge in [0.2, 0.25) is 0 Å². The van der Waals surface area contributed by atoms with Crippen molar-refractivity contribution in [3.63, 3.8) is 0 Å². The summed E-state index contributed by atoms with van der Waals surface area (Å²) in [6.07, 6.45) is 4.53. The Balaban J connectivity index is 2.20. The van der Waals surface area contributed by atoms with Crippen molar-refractivity contribution in [2.24, 2.45) is 7.05 Å². The van der Waals surface area contributed by atoms with E-state index in [9.17, 15) is 4.39 Å². The smallest absolute Gasteiger partial charge is 0.109 e. The molecular weight excluding hydrogens is 157 g/mol. The summed E-state index contributed by atoms with van der Waals surface area (Å²) in [5.74, 6) is 1.03. The van der Waals surface area contributed by atoms with Crippen LogP contribution in [0.25, 0.3) is 0 Å². The minimum atomic E-state index is -0.305. The second-order valence-electron chi connectivity index (χ2n) is 2.64. The summed E-state index contributed by atoms with van der Waals surface area (Å²) >= 11 is 0. The lowest BCUT2D eigenvalue weighted by Crippen LogP contribution is -2.20. The van der Waals surface area contributed by atoms with Crippen molar-refractivity contribution in [1.82, 2.24) is 14.9 Å². The first kappa shape index (κ1) is 9.19. The van der Waals surface area contributed by atoms with Gasteiger partial charge in [-0.25, -0.2) is 9.37 Å². The fourth-order valence-corrected chi connectivity index (χ4v) is 1.03. The van der Waals surface area contributed by atoms with Gasteiger partial charge in [0, 0.05) is 39.0 Å². The van der Waals surface area contributed by atoms with Gasteiger partial charge in [0.1, 0.15) is 12.5 Å². The Morgan fingerprint density at radius 2 is 2.42 bits per heavy atom. The fraction of sp³-hybridized carbons (Fsp3) is 0.625. The predicted octanol–water partition coefficient (Wildman–Crippen LogP) is 0.522. The van der Waals surface area contributed by atoms with Crippen LogP contribution in [0.15, 0.2) is 12.4 Å². The normalized spacial score (nSPS) is 10.5. The summed E-state index contributed by atoms with van der Waals surface area (Å²) in [5.41, 5.74) is 0. The van der Waals surface area contributed by atoms with E-state index in [0.717, 1.165) is 18.8 Å². The number of nitrogens with one attached hydrogen (secondary N) is 1. The van der Waals surface area contributed by atoms with E-state index in [1.165, 1.54) is 0 Å². The minimum absolute atomic E-state index is 0.305. The molecule has 1 aromatic heterocycles. The molecule has 68 valence electrons. The molecule has 12 heavy (non-hydrogen) atoms. The van der Waals surface area contributed by atoms with E-state index in [0.29, 0.717) is 6.54 Å². The molecule has 1 aromatic rings. The van der Waals surface area contributed by atoms with Gasteiger partial charge >= 0.3 is 0 Å². The number of aryl methyl sites for hydroxylation is 1. The molecule has 0 unspecified atom stereocenters. The van der Waals surface area contributed by atoms with Crippen molar-refractivity contribution in [2.75, 3.05) is 19.8 Å². The molecule has 1 rings (SSSR count). The van der Waals surface area contributed by atoms with Crippen LogP contribution >= 0.6 is 0 Å². The van der Waals surface area contributed by atoms with Crippen LogP contribution in [-0.4, -0.2) is 29.3 Å². The van der Waals surface area contributed by atoms with Gasteiger partial charge in [0.05, 0.1) is 0 Å². The van der Waals surface area contributed by atoms with Crippen LogP contribution in [0.2, 0.25) is 0 Å². The number of nitrogens with zero attached hydrogens (tertiary/aromatic N) is 2. The van der Waals surface area contributed by atoms with E-state index in [1.54, 1.807) is 6.20 Å². The molecule has 0 saturated heterocycles. The maximum Gasteiger partial charge on any atom is 0.109 e. The highest BCUT2D eigenvalue weighted by molar-refractivity contribution is 4.91. The molecule has 0 aliphatic heterocycles. The zero-order valence-electron chi connectivity index (χ0n) is 7.26. The lowest BCUT2D eigenvalue weighted by Gasteiger charge is -2.01. The molecule has 0 bridgehead atoms. The Bertz CT molecular complexity index is 222. The van der Waals surface area contributed by atoms with Crippen molar-refractivity contribution in [1.29, 1.82) is 0 Å². The van der Waals surface area contributed by atoms with E-state index < -0.39 is 0 Å². The lowest BCUT2D eigenvalue weighted by atomic mass is 10.4. The summed E-state index contributed by atoms with van der Waals surface area (Å²) in [6.45, 7) is 0.916. The second-order valence-corrected chi connectivity index (χ2v) is 2.64. The summed E-state index contributed by atoms with van der Waals surface area (Å²) in [7, 11) is 1.96. The number of aromatic nitrogens is 2. The largest absolute Gasteiger partial charge is 0.338 e. The first-order valence-corrected chi connectivity index (χ1v) is 4.07. The van der Waals surface area contributed by atoms with Gasteiger partial charge in [0.25, 0.3) is 0 Å². The van der Waals surface area contributed by atoms with Crippen molar-refractivity contribution in [3.8, 4) is 0 Å². The minimum Gasteiger partial charge on any atom is -0.338 e. The summed E-state index contributed by atoms with van der Waals surface area (Å²) < 4.78 is 13.6. The van der Waals surface area contributed by atoms with Gasteiger partial charge in [-0.15, -0.1) is 0 Å². The third kappa shape index (κ3) is 2.62. The Morgan fingerprint density at radius 1 is 1.58 bits per heavy atom. The van der Waals surface area contributed by atoms with Gasteiger partial charge in [-0.2, -0.15) is 0 Å². The first-order valence-electron chi connectivity index (χ1n) is 4.07. The van der Waals surface area contributed by atoms with Crippen LogP contribution in [0.4, 0.5) is 4.39 Å². The van der Waals surface area contributed by atoms with Crippen LogP contribution in [0.1, 0.15) is 5.82 Å². The quantitative estimate of drug-likeness (QED) is 0.655. The predicted molar refractivity (Wildman–Crippen MR) is 45.8 cm³/mol. The monoisotopic (exact) mass is 171 g/mol. The summed E-state index contributed by atoms with van der Waals surface area (Å²) in [5, 5.41) is 2.97.